The zero-order valence-electron chi connectivity index (χ0n) is 11.1. The zero-order chi connectivity index (χ0) is 12.7. The van der Waals surface area contributed by atoms with E-state index in [9.17, 15) is 4.79 Å². The molecule has 0 spiro atoms. The van der Waals surface area contributed by atoms with Gasteiger partial charge in [-0.15, -0.1) is 0 Å². The van der Waals surface area contributed by atoms with E-state index in [0.29, 0.717) is 6.04 Å². The second kappa shape index (κ2) is 7.67. The normalized spacial score (nSPS) is 21.9. The molecule has 4 heteroatoms. The summed E-state index contributed by atoms with van der Waals surface area (Å²) < 4.78 is 0. The quantitative estimate of drug-likeness (QED) is 0.665. The molecule has 0 aromatic carbocycles. The summed E-state index contributed by atoms with van der Waals surface area (Å²) in [6.07, 6.45) is 3.48. The van der Waals surface area contributed by atoms with Gasteiger partial charge in [0.2, 0.25) is 0 Å². The van der Waals surface area contributed by atoms with Crippen molar-refractivity contribution in [2.45, 2.75) is 45.6 Å². The lowest BCUT2D eigenvalue weighted by Gasteiger charge is -2.34. The molecular weight excluding hydrogens is 216 g/mol. The van der Waals surface area contributed by atoms with Crippen LogP contribution in [0.2, 0.25) is 0 Å². The number of aliphatic carboxylic acids is 1. The second-order valence-corrected chi connectivity index (χ2v) is 5.44. The Balaban J connectivity index is 2.14. The number of likely N-dealkylation sites (tertiary alicyclic amines) is 1. The third kappa shape index (κ3) is 6.64. The summed E-state index contributed by atoms with van der Waals surface area (Å²) in [5.41, 5.74) is 0. The number of carboxylic acid groups (broad SMARTS) is 1. The Morgan fingerprint density at radius 3 is 2.94 bits per heavy atom. The maximum Gasteiger partial charge on any atom is 0.303 e. The standard InChI is InChI=1S/C13H26N2O2/c1-11(2)9-15-8-4-5-12(10-15)14-7-3-6-13(16)17/h11-12,14H,3-10H2,1-2H3,(H,16,17). The number of hydrogen-bond donors (Lipinski definition) is 2. The van der Waals surface area contributed by atoms with Crippen LogP contribution in [0.4, 0.5) is 0 Å². The third-order valence-electron chi connectivity index (χ3n) is 3.13. The average molecular weight is 242 g/mol. The van der Waals surface area contributed by atoms with E-state index in [1.807, 2.05) is 0 Å². The van der Waals surface area contributed by atoms with E-state index in [-0.39, 0.29) is 6.42 Å². The van der Waals surface area contributed by atoms with E-state index in [1.165, 1.54) is 25.9 Å². The lowest BCUT2D eigenvalue weighted by atomic mass is 10.0. The molecule has 100 valence electrons. The SMILES string of the molecule is CC(C)CN1CCCC(NCCCC(=O)O)C1. The van der Waals surface area contributed by atoms with Crippen molar-refractivity contribution < 1.29 is 9.90 Å². The smallest absolute Gasteiger partial charge is 0.303 e. The van der Waals surface area contributed by atoms with Gasteiger partial charge in [-0.2, -0.15) is 0 Å². The highest BCUT2D eigenvalue weighted by molar-refractivity contribution is 5.66. The van der Waals surface area contributed by atoms with Crippen LogP contribution >= 0.6 is 0 Å². The molecule has 1 unspecified atom stereocenters. The maximum atomic E-state index is 10.4. The molecule has 1 saturated heterocycles. The summed E-state index contributed by atoms with van der Waals surface area (Å²) >= 11 is 0. The topological polar surface area (TPSA) is 52.6 Å². The van der Waals surface area contributed by atoms with E-state index in [0.717, 1.165) is 25.4 Å². The van der Waals surface area contributed by atoms with Gasteiger partial charge < -0.3 is 15.3 Å². The maximum absolute atomic E-state index is 10.4. The van der Waals surface area contributed by atoms with Crippen LogP contribution in [0.5, 0.6) is 0 Å². The molecule has 2 N–H and O–H groups in total. The molecule has 4 nitrogen and oxygen atoms in total. The first-order chi connectivity index (χ1) is 8.08. The summed E-state index contributed by atoms with van der Waals surface area (Å²) in [4.78, 5) is 12.9. The molecule has 1 atom stereocenters. The van der Waals surface area contributed by atoms with Crippen molar-refractivity contribution in [3.8, 4) is 0 Å². The lowest BCUT2D eigenvalue weighted by Crippen LogP contribution is -2.46. The molecule has 17 heavy (non-hydrogen) atoms. The van der Waals surface area contributed by atoms with Crippen LogP contribution < -0.4 is 5.32 Å². The molecule has 0 radical (unpaired) electrons. The van der Waals surface area contributed by atoms with Crippen molar-refractivity contribution in [2.75, 3.05) is 26.2 Å². The van der Waals surface area contributed by atoms with Crippen LogP contribution in [-0.2, 0) is 4.79 Å². The monoisotopic (exact) mass is 242 g/mol. The van der Waals surface area contributed by atoms with Crippen LogP contribution in [-0.4, -0.2) is 48.2 Å². The summed E-state index contributed by atoms with van der Waals surface area (Å²) in [5, 5.41) is 12.0. The molecule has 0 bridgehead atoms. The molecule has 1 heterocycles. The predicted molar refractivity (Wildman–Crippen MR) is 69.2 cm³/mol. The third-order valence-corrected chi connectivity index (χ3v) is 3.13. The fraction of sp³-hybridized carbons (Fsp3) is 0.923. The van der Waals surface area contributed by atoms with Gasteiger partial charge in [0.05, 0.1) is 0 Å². The molecule has 1 aliphatic heterocycles. The van der Waals surface area contributed by atoms with Gasteiger partial charge >= 0.3 is 5.97 Å². The molecule has 0 saturated carbocycles. The van der Waals surface area contributed by atoms with Crippen LogP contribution in [0.25, 0.3) is 0 Å². The first-order valence-corrected chi connectivity index (χ1v) is 6.75. The van der Waals surface area contributed by atoms with Gasteiger partial charge in [0.25, 0.3) is 0 Å². The van der Waals surface area contributed by atoms with Crippen LogP contribution in [0.1, 0.15) is 39.5 Å². The summed E-state index contributed by atoms with van der Waals surface area (Å²) in [6.45, 7) is 8.84. The van der Waals surface area contributed by atoms with Crippen molar-refractivity contribution in [3.05, 3.63) is 0 Å². The van der Waals surface area contributed by atoms with Crippen molar-refractivity contribution in [1.29, 1.82) is 0 Å². The Morgan fingerprint density at radius 1 is 1.53 bits per heavy atom. The first kappa shape index (κ1) is 14.5. The van der Waals surface area contributed by atoms with E-state index >= 15 is 0 Å². The van der Waals surface area contributed by atoms with Gasteiger partial charge in [0, 0.05) is 25.6 Å². The van der Waals surface area contributed by atoms with Gasteiger partial charge in [0.15, 0.2) is 0 Å². The minimum atomic E-state index is -0.697. The summed E-state index contributed by atoms with van der Waals surface area (Å²) in [6, 6.07) is 0.552. The fourth-order valence-electron chi connectivity index (χ4n) is 2.45. The van der Waals surface area contributed by atoms with Crippen molar-refractivity contribution >= 4 is 5.97 Å². The second-order valence-electron chi connectivity index (χ2n) is 5.44. The molecule has 0 amide bonds. The number of rotatable bonds is 7. The van der Waals surface area contributed by atoms with Gasteiger partial charge in [-0.25, -0.2) is 0 Å². The van der Waals surface area contributed by atoms with E-state index in [1.54, 1.807) is 0 Å². The summed E-state index contributed by atoms with van der Waals surface area (Å²) in [7, 11) is 0. The number of hydrogen-bond acceptors (Lipinski definition) is 3. The molecule has 1 rings (SSSR count). The van der Waals surface area contributed by atoms with E-state index < -0.39 is 5.97 Å². The Hall–Kier alpha value is -0.610. The van der Waals surface area contributed by atoms with Crippen LogP contribution in [0.3, 0.4) is 0 Å². The molecule has 0 aliphatic carbocycles. The average Bonchev–Trinajstić information content (AvgIpc) is 2.24. The molecule has 1 fully saturated rings. The minimum Gasteiger partial charge on any atom is -0.481 e. The Labute approximate surface area is 104 Å². The van der Waals surface area contributed by atoms with Crippen molar-refractivity contribution in [3.63, 3.8) is 0 Å². The highest BCUT2D eigenvalue weighted by atomic mass is 16.4. The van der Waals surface area contributed by atoms with Gasteiger partial charge in [-0.1, -0.05) is 13.8 Å². The van der Waals surface area contributed by atoms with E-state index in [4.69, 9.17) is 5.11 Å². The number of nitrogens with one attached hydrogen (secondary N) is 1. The van der Waals surface area contributed by atoms with Crippen molar-refractivity contribution in [2.24, 2.45) is 5.92 Å². The highest BCUT2D eigenvalue weighted by Crippen LogP contribution is 2.11. The molecular formula is C13H26N2O2. The lowest BCUT2D eigenvalue weighted by molar-refractivity contribution is -0.137. The molecule has 0 aromatic heterocycles. The van der Waals surface area contributed by atoms with Gasteiger partial charge in [0.1, 0.15) is 0 Å². The predicted octanol–water partition coefficient (Wildman–Crippen LogP) is 1.56. The molecule has 1 aliphatic rings. The number of carbonyl (C=O) groups is 1. The van der Waals surface area contributed by atoms with Gasteiger partial charge in [-0.05, 0) is 38.3 Å². The van der Waals surface area contributed by atoms with Crippen molar-refractivity contribution in [1.82, 2.24) is 10.2 Å². The highest BCUT2D eigenvalue weighted by Gasteiger charge is 2.19. The Morgan fingerprint density at radius 2 is 2.29 bits per heavy atom. The van der Waals surface area contributed by atoms with Crippen LogP contribution in [0, 0.1) is 5.92 Å². The summed E-state index contributed by atoms with van der Waals surface area (Å²) in [5.74, 6) is 0.0256. The minimum absolute atomic E-state index is 0.273. The zero-order valence-corrected chi connectivity index (χ0v) is 11.1. The van der Waals surface area contributed by atoms with E-state index in [2.05, 4.69) is 24.1 Å². The van der Waals surface area contributed by atoms with Crippen LogP contribution in [0.15, 0.2) is 0 Å². The number of carboxylic acids is 1. The first-order valence-electron chi connectivity index (χ1n) is 6.75. The largest absolute Gasteiger partial charge is 0.481 e. The number of piperidine rings is 1. The molecule has 0 aromatic rings. The number of nitrogens with zero attached hydrogens (tertiary/aromatic N) is 1. The Kier molecular flexibility index (Phi) is 6.52. The van der Waals surface area contributed by atoms with Gasteiger partial charge in [-0.3, -0.25) is 4.79 Å². The Bertz CT molecular complexity index is 231. The fourth-order valence-corrected chi connectivity index (χ4v) is 2.45.